The maximum atomic E-state index is 13.9. The van der Waals surface area contributed by atoms with Crippen molar-refractivity contribution >= 4 is 5.78 Å². The molecule has 1 fully saturated rings. The zero-order valence-corrected chi connectivity index (χ0v) is 11.1. The summed E-state index contributed by atoms with van der Waals surface area (Å²) in [6, 6.07) is 2.89. The first-order valence-corrected chi connectivity index (χ1v) is 6.70. The number of rotatable bonds is 2. The number of carbonyl (C=O) groups excluding carboxylic acids is 1. The van der Waals surface area contributed by atoms with Crippen molar-refractivity contribution in [3.8, 4) is 0 Å². The van der Waals surface area contributed by atoms with Gasteiger partial charge in [0.25, 0.3) is 0 Å². The molecule has 0 amide bonds. The maximum Gasteiger partial charge on any atom is 0.419 e. The largest absolute Gasteiger partial charge is 0.419 e. The van der Waals surface area contributed by atoms with Gasteiger partial charge in [-0.15, -0.1) is 0 Å². The second kappa shape index (κ2) is 5.54. The third-order valence-corrected chi connectivity index (χ3v) is 3.96. The molecule has 0 bridgehead atoms. The van der Waals surface area contributed by atoms with Crippen molar-refractivity contribution in [2.75, 3.05) is 0 Å². The number of hydrogen-bond acceptors (Lipinski definition) is 1. The third kappa shape index (κ3) is 3.02. The van der Waals surface area contributed by atoms with Crippen molar-refractivity contribution < 1.29 is 22.4 Å². The van der Waals surface area contributed by atoms with Gasteiger partial charge in [-0.25, -0.2) is 4.39 Å². The second-order valence-corrected chi connectivity index (χ2v) is 5.49. The molecule has 0 heterocycles. The molecular formula is C15H16F4O. The lowest BCUT2D eigenvalue weighted by Gasteiger charge is -2.25. The van der Waals surface area contributed by atoms with E-state index in [9.17, 15) is 22.4 Å². The van der Waals surface area contributed by atoms with Gasteiger partial charge in [-0.2, -0.15) is 13.2 Å². The summed E-state index contributed by atoms with van der Waals surface area (Å²) >= 11 is 0. The van der Waals surface area contributed by atoms with E-state index in [4.69, 9.17) is 0 Å². The lowest BCUT2D eigenvalue weighted by molar-refractivity contribution is -0.140. The van der Waals surface area contributed by atoms with Gasteiger partial charge in [0, 0.05) is 5.92 Å². The van der Waals surface area contributed by atoms with E-state index in [2.05, 4.69) is 6.92 Å². The summed E-state index contributed by atoms with van der Waals surface area (Å²) in [6.07, 6.45) is -1.82. The van der Waals surface area contributed by atoms with Gasteiger partial charge in [-0.1, -0.05) is 25.8 Å². The van der Waals surface area contributed by atoms with Gasteiger partial charge in [0.15, 0.2) is 5.78 Å². The Morgan fingerprint density at radius 1 is 1.15 bits per heavy atom. The van der Waals surface area contributed by atoms with E-state index in [0.717, 1.165) is 25.0 Å². The standard InChI is InChI=1S/C15H16F4O/c1-9-5-7-10(8-6-9)14(20)11-3-2-4-12(13(11)16)15(17,18)19/h2-4,9-10H,5-8H2,1H3. The average molecular weight is 288 g/mol. The summed E-state index contributed by atoms with van der Waals surface area (Å²) in [6.45, 7) is 2.07. The van der Waals surface area contributed by atoms with Crippen LogP contribution in [0.2, 0.25) is 0 Å². The van der Waals surface area contributed by atoms with Crippen LogP contribution in [0.3, 0.4) is 0 Å². The molecule has 1 aromatic carbocycles. The van der Waals surface area contributed by atoms with E-state index < -0.39 is 28.9 Å². The lowest BCUT2D eigenvalue weighted by atomic mass is 9.79. The molecule has 1 aliphatic carbocycles. The average Bonchev–Trinajstić information content (AvgIpc) is 2.37. The molecular weight excluding hydrogens is 272 g/mol. The van der Waals surface area contributed by atoms with Crippen LogP contribution in [0.1, 0.15) is 48.5 Å². The summed E-state index contributed by atoms with van der Waals surface area (Å²) in [5.41, 5.74) is -1.80. The Morgan fingerprint density at radius 3 is 2.30 bits per heavy atom. The molecule has 0 atom stereocenters. The summed E-state index contributed by atoms with van der Waals surface area (Å²) in [5, 5.41) is 0. The van der Waals surface area contributed by atoms with E-state index in [-0.39, 0.29) is 5.92 Å². The van der Waals surface area contributed by atoms with Crippen molar-refractivity contribution in [2.45, 2.75) is 38.8 Å². The van der Waals surface area contributed by atoms with E-state index >= 15 is 0 Å². The highest BCUT2D eigenvalue weighted by Gasteiger charge is 2.36. The Kier molecular flexibility index (Phi) is 4.16. The summed E-state index contributed by atoms with van der Waals surface area (Å²) in [7, 11) is 0. The van der Waals surface area contributed by atoms with E-state index in [0.29, 0.717) is 24.8 Å². The monoisotopic (exact) mass is 288 g/mol. The third-order valence-electron chi connectivity index (χ3n) is 3.96. The Bertz CT molecular complexity index is 499. The highest BCUT2D eigenvalue weighted by atomic mass is 19.4. The molecule has 0 radical (unpaired) electrons. The van der Waals surface area contributed by atoms with Crippen LogP contribution in [-0.4, -0.2) is 5.78 Å². The van der Waals surface area contributed by atoms with E-state index in [1.165, 1.54) is 0 Å². The minimum Gasteiger partial charge on any atom is -0.294 e. The lowest BCUT2D eigenvalue weighted by Crippen LogP contribution is -2.23. The molecule has 0 spiro atoms. The van der Waals surface area contributed by atoms with Crippen molar-refractivity contribution in [3.05, 3.63) is 35.1 Å². The van der Waals surface area contributed by atoms with Crippen LogP contribution in [0.5, 0.6) is 0 Å². The molecule has 20 heavy (non-hydrogen) atoms. The molecule has 1 saturated carbocycles. The fourth-order valence-electron chi connectivity index (χ4n) is 2.68. The van der Waals surface area contributed by atoms with E-state index in [1.807, 2.05) is 0 Å². The molecule has 0 aliphatic heterocycles. The minimum atomic E-state index is -4.78. The number of benzene rings is 1. The van der Waals surface area contributed by atoms with E-state index in [1.54, 1.807) is 0 Å². The van der Waals surface area contributed by atoms with Gasteiger partial charge < -0.3 is 0 Å². The predicted octanol–water partition coefficient (Wildman–Crippen LogP) is 4.85. The molecule has 1 aliphatic rings. The number of hydrogen-bond donors (Lipinski definition) is 0. The Morgan fingerprint density at radius 2 is 1.75 bits per heavy atom. The van der Waals surface area contributed by atoms with Crippen molar-refractivity contribution in [1.29, 1.82) is 0 Å². The van der Waals surface area contributed by atoms with Gasteiger partial charge in [0.2, 0.25) is 0 Å². The molecule has 1 aromatic rings. The van der Waals surface area contributed by atoms with Crippen molar-refractivity contribution in [2.24, 2.45) is 11.8 Å². The minimum absolute atomic E-state index is 0.357. The van der Waals surface area contributed by atoms with Crippen LogP contribution in [0.25, 0.3) is 0 Å². The van der Waals surface area contributed by atoms with Crippen molar-refractivity contribution in [1.82, 2.24) is 0 Å². The number of carbonyl (C=O) groups is 1. The quantitative estimate of drug-likeness (QED) is 0.561. The second-order valence-electron chi connectivity index (χ2n) is 5.49. The first kappa shape index (κ1) is 15.0. The molecule has 2 rings (SSSR count). The van der Waals surface area contributed by atoms with Gasteiger partial charge in [0.05, 0.1) is 11.1 Å². The predicted molar refractivity (Wildman–Crippen MR) is 66.9 cm³/mol. The van der Waals surface area contributed by atoms with Crippen LogP contribution in [0.4, 0.5) is 17.6 Å². The number of ketones is 1. The van der Waals surface area contributed by atoms with Gasteiger partial charge in [0.1, 0.15) is 5.82 Å². The first-order chi connectivity index (χ1) is 9.30. The molecule has 5 heteroatoms. The van der Waals surface area contributed by atoms with Gasteiger partial charge >= 0.3 is 6.18 Å². The molecule has 0 N–H and O–H groups in total. The topological polar surface area (TPSA) is 17.1 Å². The molecule has 0 saturated heterocycles. The molecule has 110 valence electrons. The Balaban J connectivity index is 2.27. The highest BCUT2D eigenvalue weighted by Crippen LogP contribution is 2.35. The smallest absolute Gasteiger partial charge is 0.294 e. The SMILES string of the molecule is CC1CCC(C(=O)c2cccc(C(F)(F)F)c2F)CC1. The molecule has 0 unspecified atom stereocenters. The fraction of sp³-hybridized carbons (Fsp3) is 0.533. The normalized spacial score (nSPS) is 23.6. The number of Topliss-reactive ketones (excluding diaryl/α,β-unsaturated/α-hetero) is 1. The van der Waals surface area contributed by atoms with Crippen molar-refractivity contribution in [3.63, 3.8) is 0 Å². The number of alkyl halides is 3. The van der Waals surface area contributed by atoms with Gasteiger partial charge in [-0.05, 0) is 30.9 Å². The van der Waals surface area contributed by atoms with Crippen LogP contribution < -0.4 is 0 Å². The molecule has 0 aromatic heterocycles. The Labute approximate surface area is 115 Å². The van der Waals surface area contributed by atoms with Crippen LogP contribution >= 0.6 is 0 Å². The summed E-state index contributed by atoms with van der Waals surface area (Å²) in [4.78, 5) is 12.2. The zero-order chi connectivity index (χ0) is 14.9. The van der Waals surface area contributed by atoms with Crippen LogP contribution in [0, 0.1) is 17.7 Å². The highest BCUT2D eigenvalue weighted by molar-refractivity contribution is 5.98. The van der Waals surface area contributed by atoms with Crippen LogP contribution in [-0.2, 0) is 6.18 Å². The van der Waals surface area contributed by atoms with Crippen LogP contribution in [0.15, 0.2) is 18.2 Å². The zero-order valence-electron chi connectivity index (χ0n) is 11.1. The Hall–Kier alpha value is -1.39. The summed E-state index contributed by atoms with van der Waals surface area (Å²) in [5.74, 6) is -1.78. The fourth-order valence-corrected chi connectivity index (χ4v) is 2.68. The maximum absolute atomic E-state index is 13.9. The summed E-state index contributed by atoms with van der Waals surface area (Å²) < 4.78 is 51.8. The van der Waals surface area contributed by atoms with Gasteiger partial charge in [-0.3, -0.25) is 4.79 Å². The first-order valence-electron chi connectivity index (χ1n) is 6.70. The number of halogens is 4. The molecule has 1 nitrogen and oxygen atoms in total.